The minimum absolute atomic E-state index is 0.0504. The molecule has 1 unspecified atom stereocenters. The highest BCUT2D eigenvalue weighted by atomic mass is 32.1. The molecule has 2 amide bonds. The van der Waals surface area contributed by atoms with Crippen LogP contribution < -0.4 is 15.0 Å². The molecule has 6 rings (SSSR count). The number of ether oxygens (including phenoxy) is 1. The monoisotopic (exact) mass is 606 g/mol. The van der Waals surface area contributed by atoms with Gasteiger partial charge in [0, 0.05) is 69.8 Å². The smallest absolute Gasteiger partial charge is 0.274 e. The fourth-order valence-corrected chi connectivity index (χ4v) is 6.54. The average Bonchev–Trinajstić information content (AvgIpc) is 3.75. The van der Waals surface area contributed by atoms with Gasteiger partial charge in [0.05, 0.1) is 17.4 Å². The number of nitrogens with one attached hydrogen (secondary N) is 1. The number of piperidine rings is 1. The van der Waals surface area contributed by atoms with Crippen LogP contribution in [0.4, 0.5) is 19.6 Å². The van der Waals surface area contributed by atoms with E-state index in [-0.39, 0.29) is 29.8 Å². The van der Waals surface area contributed by atoms with Crippen molar-refractivity contribution < 1.29 is 23.1 Å². The van der Waals surface area contributed by atoms with Gasteiger partial charge in [0.15, 0.2) is 5.13 Å². The van der Waals surface area contributed by atoms with Crippen molar-refractivity contribution in [2.45, 2.75) is 51.3 Å². The Morgan fingerprint density at radius 1 is 1.09 bits per heavy atom. The molecule has 0 aliphatic carbocycles. The number of likely N-dealkylation sites (tertiary alicyclic amines) is 1. The van der Waals surface area contributed by atoms with Crippen LogP contribution in [0.3, 0.4) is 0 Å². The maximum atomic E-state index is 15.4. The molecule has 5 heterocycles. The van der Waals surface area contributed by atoms with E-state index in [0.29, 0.717) is 54.0 Å². The molecule has 224 valence electrons. The van der Waals surface area contributed by atoms with E-state index in [2.05, 4.69) is 15.3 Å². The summed E-state index contributed by atoms with van der Waals surface area (Å²) in [4.78, 5) is 36.8. The van der Waals surface area contributed by atoms with E-state index >= 15 is 4.39 Å². The molecule has 0 radical (unpaired) electrons. The molecule has 3 aromatic heterocycles. The molecule has 43 heavy (non-hydrogen) atoms. The predicted octanol–water partition coefficient (Wildman–Crippen LogP) is 5.65. The van der Waals surface area contributed by atoms with Gasteiger partial charge in [-0.15, -0.1) is 11.3 Å². The highest BCUT2D eigenvalue weighted by Gasteiger charge is 2.31. The molecule has 2 aliphatic heterocycles. The van der Waals surface area contributed by atoms with Gasteiger partial charge in [-0.25, -0.2) is 14.4 Å². The first kappa shape index (κ1) is 28.8. The van der Waals surface area contributed by atoms with Crippen molar-refractivity contribution in [2.75, 3.05) is 29.9 Å². The fourth-order valence-electron chi connectivity index (χ4n) is 5.79. The summed E-state index contributed by atoms with van der Waals surface area (Å²) in [7, 11) is 0. The quantitative estimate of drug-likeness (QED) is 0.261. The number of anilines is 2. The van der Waals surface area contributed by atoms with Crippen LogP contribution in [0.15, 0.2) is 60.2 Å². The van der Waals surface area contributed by atoms with E-state index in [0.717, 1.165) is 31.4 Å². The molecule has 0 spiro atoms. The number of halogens is 2. The largest absolute Gasteiger partial charge is 0.490 e. The van der Waals surface area contributed by atoms with E-state index < -0.39 is 5.95 Å². The van der Waals surface area contributed by atoms with Gasteiger partial charge >= 0.3 is 0 Å². The minimum Gasteiger partial charge on any atom is -0.490 e. The van der Waals surface area contributed by atoms with E-state index in [9.17, 15) is 14.0 Å². The number of carbonyl (C=O) groups excluding carboxylic acids is 2. The maximum absolute atomic E-state index is 15.4. The summed E-state index contributed by atoms with van der Waals surface area (Å²) in [6.45, 7) is 3.87. The third-order valence-electron chi connectivity index (χ3n) is 7.96. The van der Waals surface area contributed by atoms with Crippen molar-refractivity contribution in [2.24, 2.45) is 0 Å². The Balaban J connectivity index is 1.10. The number of benzene rings is 1. The first-order chi connectivity index (χ1) is 20.8. The van der Waals surface area contributed by atoms with Crippen molar-refractivity contribution in [1.82, 2.24) is 19.4 Å². The lowest BCUT2D eigenvalue weighted by Crippen LogP contribution is -2.40. The highest BCUT2D eigenvalue weighted by Crippen LogP contribution is 2.39. The van der Waals surface area contributed by atoms with Crippen LogP contribution in [0, 0.1) is 11.8 Å². The van der Waals surface area contributed by atoms with Gasteiger partial charge in [-0.3, -0.25) is 14.9 Å². The number of aromatic nitrogens is 3. The molecule has 4 aromatic rings. The number of pyridine rings is 1. The van der Waals surface area contributed by atoms with Gasteiger partial charge in [0.1, 0.15) is 23.4 Å². The predicted molar refractivity (Wildman–Crippen MR) is 159 cm³/mol. The lowest BCUT2D eigenvalue weighted by molar-refractivity contribution is -0.130. The molecular weight excluding hydrogens is 574 g/mol. The Kier molecular flexibility index (Phi) is 8.37. The highest BCUT2D eigenvalue weighted by molar-refractivity contribution is 7.14. The second-order valence-electron chi connectivity index (χ2n) is 10.8. The van der Waals surface area contributed by atoms with Gasteiger partial charge in [0.25, 0.3) is 5.91 Å². The number of hydrogen-bond donors (Lipinski definition) is 1. The molecule has 0 saturated carbocycles. The minimum atomic E-state index is -0.571. The number of nitrogens with zero attached hydrogens (tertiary/aromatic N) is 5. The summed E-state index contributed by atoms with van der Waals surface area (Å²) in [5.74, 6) is -0.703. The molecule has 0 bridgehead atoms. The molecule has 1 aromatic carbocycles. The van der Waals surface area contributed by atoms with E-state index in [1.807, 2.05) is 10.3 Å². The third-order valence-corrected chi connectivity index (χ3v) is 8.74. The van der Waals surface area contributed by atoms with Crippen molar-refractivity contribution >= 4 is 34.0 Å². The van der Waals surface area contributed by atoms with E-state index in [1.165, 1.54) is 29.7 Å². The average molecular weight is 607 g/mol. The molecular formula is C31H32F2N6O3S. The van der Waals surface area contributed by atoms with Crippen molar-refractivity contribution in [1.29, 1.82) is 0 Å². The Morgan fingerprint density at radius 2 is 1.93 bits per heavy atom. The molecule has 1 atom stereocenters. The summed E-state index contributed by atoms with van der Waals surface area (Å²) in [6, 6.07) is 11.4. The Labute approximate surface area is 252 Å². The van der Waals surface area contributed by atoms with Crippen LogP contribution in [0.2, 0.25) is 0 Å². The number of hydrogen-bond acceptors (Lipinski definition) is 7. The topological polar surface area (TPSA) is 92.6 Å². The van der Waals surface area contributed by atoms with Crippen molar-refractivity contribution in [3.8, 4) is 5.75 Å². The lowest BCUT2D eigenvalue weighted by Gasteiger charge is -2.31. The van der Waals surface area contributed by atoms with Gasteiger partial charge in [-0.1, -0.05) is 0 Å². The van der Waals surface area contributed by atoms with Gasteiger partial charge < -0.3 is 19.1 Å². The van der Waals surface area contributed by atoms with Crippen LogP contribution in [0.25, 0.3) is 0 Å². The Hall–Kier alpha value is -4.32. The van der Waals surface area contributed by atoms with Gasteiger partial charge in [-0.2, -0.15) is 4.39 Å². The lowest BCUT2D eigenvalue weighted by atomic mass is 10.1. The number of rotatable bonds is 8. The zero-order valence-electron chi connectivity index (χ0n) is 23.7. The fraction of sp³-hybridized carbons (Fsp3) is 0.355. The number of amides is 2. The normalized spacial score (nSPS) is 17.3. The zero-order valence-corrected chi connectivity index (χ0v) is 24.5. The maximum Gasteiger partial charge on any atom is 0.274 e. The van der Waals surface area contributed by atoms with Gasteiger partial charge in [0.2, 0.25) is 11.9 Å². The second-order valence-corrected chi connectivity index (χ2v) is 11.7. The standard InChI is InChI=1S/C31H32F2N6O3S/c1-20(40)37-14-9-22(10-15-37)42-23-6-7-26(24(32)17-23)39-13-3-4-27(39)25-19-43-31(35-25)36-30(41)28-5-2-12-38(28)18-21-8-11-34-29(33)16-21/h2,5-8,11-12,16-17,19,22,27H,3-4,9-10,13-15,18H2,1H3,(H,35,36,41). The zero-order chi connectivity index (χ0) is 29.9. The van der Waals surface area contributed by atoms with Crippen LogP contribution >= 0.6 is 11.3 Å². The summed E-state index contributed by atoms with van der Waals surface area (Å²) >= 11 is 1.32. The molecule has 12 heteroatoms. The molecule has 9 nitrogen and oxygen atoms in total. The van der Waals surface area contributed by atoms with E-state index in [1.54, 1.807) is 52.9 Å². The first-order valence-corrected chi connectivity index (χ1v) is 15.2. The summed E-state index contributed by atoms with van der Waals surface area (Å²) in [5, 5.41) is 5.23. The molecule has 1 N–H and O–H groups in total. The second kappa shape index (κ2) is 12.5. The molecule has 2 aliphatic rings. The summed E-state index contributed by atoms with van der Waals surface area (Å²) in [6.07, 6.45) is 6.25. The third kappa shape index (κ3) is 6.53. The molecule has 2 saturated heterocycles. The summed E-state index contributed by atoms with van der Waals surface area (Å²) in [5.41, 5.74) is 2.38. The number of thiazole rings is 1. The summed E-state index contributed by atoms with van der Waals surface area (Å²) < 4.78 is 36.7. The number of carbonyl (C=O) groups is 2. The van der Waals surface area contributed by atoms with Gasteiger partial charge in [-0.05, 0) is 54.8 Å². The van der Waals surface area contributed by atoms with Crippen molar-refractivity contribution in [3.05, 3.63) is 89.0 Å². The van der Waals surface area contributed by atoms with Crippen LogP contribution in [-0.4, -0.2) is 57.0 Å². The van der Waals surface area contributed by atoms with Crippen LogP contribution in [0.5, 0.6) is 5.75 Å². The Morgan fingerprint density at radius 3 is 2.70 bits per heavy atom. The SMILES string of the molecule is CC(=O)N1CCC(Oc2ccc(N3CCCC3c3csc(NC(=O)c4cccn4Cc4ccnc(F)c4)n3)c(F)c2)CC1. The van der Waals surface area contributed by atoms with Crippen LogP contribution in [0.1, 0.15) is 60.4 Å². The van der Waals surface area contributed by atoms with E-state index in [4.69, 9.17) is 4.74 Å². The Bertz CT molecular complexity index is 1620. The first-order valence-electron chi connectivity index (χ1n) is 14.3. The molecule has 2 fully saturated rings. The van der Waals surface area contributed by atoms with Crippen LogP contribution in [-0.2, 0) is 11.3 Å². The van der Waals surface area contributed by atoms with Crippen molar-refractivity contribution in [3.63, 3.8) is 0 Å².